The number of nitrogens with zero attached hydrogens (tertiary/aromatic N) is 8. The smallest absolute Gasteiger partial charge is 0.333 e. The number of ether oxygens (including phenoxy) is 2. The van der Waals surface area contributed by atoms with E-state index in [1.54, 1.807) is 55.7 Å². The molecule has 6 heterocycles. The van der Waals surface area contributed by atoms with E-state index in [4.69, 9.17) is 27.6 Å². The molecule has 4 aromatic heterocycles. The van der Waals surface area contributed by atoms with Gasteiger partial charge in [-0.2, -0.15) is 10.2 Å². The molecule has 2 aliphatic rings. The molecule has 6 N–H and O–H groups in total. The minimum Gasteiger partial charge on any atom is -0.396 e. The van der Waals surface area contributed by atoms with Crippen molar-refractivity contribution in [2.45, 2.75) is 64.1 Å². The minimum atomic E-state index is -3.53. The molecule has 0 spiro atoms. The molecule has 1 aromatic carbocycles. The van der Waals surface area contributed by atoms with Crippen LogP contribution in [0.1, 0.15) is 50.0 Å². The van der Waals surface area contributed by atoms with Crippen LogP contribution in [-0.2, 0) is 36.9 Å². The number of aromatic amines is 1. The first kappa shape index (κ1) is 44.9. The van der Waals surface area contributed by atoms with Crippen LogP contribution in [0.5, 0.6) is 0 Å². The Morgan fingerprint density at radius 3 is 2.40 bits per heavy atom. The van der Waals surface area contributed by atoms with Gasteiger partial charge in [-0.3, -0.25) is 38.4 Å². The van der Waals surface area contributed by atoms with E-state index >= 15 is 0 Å². The van der Waals surface area contributed by atoms with Crippen molar-refractivity contribution in [3.63, 3.8) is 0 Å². The molecule has 330 valence electrons. The summed E-state index contributed by atoms with van der Waals surface area (Å²) in [6, 6.07) is 10.5. The maximum Gasteiger partial charge on any atom is 0.333 e. The van der Waals surface area contributed by atoms with Gasteiger partial charge in [0.15, 0.2) is 34.4 Å². The van der Waals surface area contributed by atoms with Crippen LogP contribution in [0.3, 0.4) is 0 Å². The van der Waals surface area contributed by atoms with Crippen LogP contribution in [0.25, 0.3) is 22.3 Å². The van der Waals surface area contributed by atoms with Crippen LogP contribution < -0.4 is 16.2 Å². The molecular weight excluding hydrogens is 856 g/mol. The number of hydrogen-bond acceptors (Lipinski definition) is 18. The fourth-order valence-corrected chi connectivity index (χ4v) is 8.76. The lowest BCUT2D eigenvalue weighted by atomic mass is 9.99. The molecule has 0 saturated carbocycles. The number of fused-ring (bicyclic) bond motifs is 2. The summed E-state index contributed by atoms with van der Waals surface area (Å²) in [7, 11) is -5.99. The summed E-state index contributed by atoms with van der Waals surface area (Å²) in [6.45, 7) is 3.45. The number of benzene rings is 1. The number of aromatic nitrogens is 8. The molecule has 2 saturated heterocycles. The van der Waals surface area contributed by atoms with Crippen LogP contribution in [0.2, 0.25) is 0 Å². The second kappa shape index (κ2) is 19.9. The molecule has 0 bridgehead atoms. The molecule has 7 rings (SSSR count). The summed E-state index contributed by atoms with van der Waals surface area (Å²) in [5.74, 6) is -2.80. The summed E-state index contributed by atoms with van der Waals surface area (Å²) in [6.07, 6.45) is -2.46. The number of rotatable bonds is 18. The van der Waals surface area contributed by atoms with E-state index in [-0.39, 0.29) is 53.7 Å². The van der Waals surface area contributed by atoms with Gasteiger partial charge in [0, 0.05) is 23.3 Å². The highest BCUT2D eigenvalue weighted by atomic mass is 31.2. The fourth-order valence-electron chi connectivity index (χ4n) is 7.00. The Kier molecular flexibility index (Phi) is 14.4. The number of imidazole rings is 2. The average molecular weight is 900 g/mol. The van der Waals surface area contributed by atoms with E-state index < -0.39 is 102 Å². The van der Waals surface area contributed by atoms with Crippen molar-refractivity contribution in [1.29, 1.82) is 5.26 Å². The highest BCUT2D eigenvalue weighted by Crippen LogP contribution is 2.50. The van der Waals surface area contributed by atoms with E-state index in [9.17, 15) is 39.3 Å². The molecule has 0 aliphatic carbocycles. The van der Waals surface area contributed by atoms with E-state index in [0.29, 0.717) is 5.56 Å². The number of aliphatic hydroxyl groups excluding tert-OH is 2. The fraction of sp³-hybridized carbons (Fsp3) is 0.472. The zero-order valence-corrected chi connectivity index (χ0v) is 35.2. The van der Waals surface area contributed by atoms with Crippen molar-refractivity contribution in [2.75, 3.05) is 37.1 Å². The van der Waals surface area contributed by atoms with Gasteiger partial charge in [0.25, 0.3) is 11.5 Å². The highest BCUT2D eigenvalue weighted by molar-refractivity contribution is 7.41. The standard InChI is InChI=1S/C36H43N11O13P2/c1-18(2)31(50)44-36-43-30-25(33(52)45-36)41-17-47(30)35-27(21(12-48)22(13-49)57-35)60-62(55-11-7-10-37)56-14-23-26(59-61(53)54)19(3)34(58-23)46-16-40-24-28(38-15-39-29(24)46)42-32(51)20-8-5-4-6-9-20/h4-6,8-9,15-19,21-23,26-27,34-35,48-49,61H,7,11-14H2,1-3H3,(H,53,54)(H,38,39,42,51)(H2,43,44,45,50,52). The topological polar surface area (TPSA) is 322 Å². The van der Waals surface area contributed by atoms with Crippen LogP contribution in [0, 0.1) is 29.1 Å². The van der Waals surface area contributed by atoms with Crippen molar-refractivity contribution in [1.82, 2.24) is 39.0 Å². The molecule has 5 aromatic rings. The molecule has 24 nitrogen and oxygen atoms in total. The lowest BCUT2D eigenvalue weighted by Gasteiger charge is -2.28. The number of amides is 2. The van der Waals surface area contributed by atoms with Gasteiger partial charge in [-0.25, -0.2) is 19.9 Å². The van der Waals surface area contributed by atoms with Crippen molar-refractivity contribution >= 4 is 62.8 Å². The Bertz CT molecular complexity index is 2500. The number of nitriles is 1. The van der Waals surface area contributed by atoms with E-state index in [1.807, 2.05) is 6.07 Å². The molecule has 0 radical (unpaired) electrons. The Hall–Kier alpha value is -5.15. The average Bonchev–Trinajstić information content (AvgIpc) is 4.04. The summed E-state index contributed by atoms with van der Waals surface area (Å²) < 4.78 is 51.6. The second-order valence-corrected chi connectivity index (χ2v) is 16.4. The zero-order valence-electron chi connectivity index (χ0n) is 33.3. The van der Waals surface area contributed by atoms with Crippen molar-refractivity contribution in [3.05, 3.63) is 65.2 Å². The van der Waals surface area contributed by atoms with Gasteiger partial charge in [0.1, 0.15) is 30.9 Å². The number of H-pyrrole nitrogens is 1. The summed E-state index contributed by atoms with van der Waals surface area (Å²) in [5.41, 5.74) is 0.145. The van der Waals surface area contributed by atoms with Gasteiger partial charge in [-0.15, -0.1) is 0 Å². The predicted octanol–water partition coefficient (Wildman–Crippen LogP) is 2.16. The van der Waals surface area contributed by atoms with Crippen LogP contribution in [0.15, 0.2) is 54.1 Å². The van der Waals surface area contributed by atoms with Gasteiger partial charge in [0.2, 0.25) is 11.9 Å². The van der Waals surface area contributed by atoms with E-state index in [1.165, 1.54) is 23.5 Å². The Balaban J connectivity index is 1.14. The van der Waals surface area contributed by atoms with Crippen molar-refractivity contribution < 1.29 is 56.8 Å². The first-order chi connectivity index (χ1) is 29.9. The largest absolute Gasteiger partial charge is 0.396 e. The SMILES string of the molecule is CC(C)C(=O)Nc1nc2c(ncn2C2OC(CO)C(CO)C2OP(OCCC#N)OCC2OC(n3cnc4c(NC(=O)c5ccccc5)ncnc43)C(C)C2O[PH](=O)O)c(=O)[nH]1. The maximum absolute atomic E-state index is 13.0. The lowest BCUT2D eigenvalue weighted by Crippen LogP contribution is -2.33. The molecule has 62 heavy (non-hydrogen) atoms. The Morgan fingerprint density at radius 2 is 1.71 bits per heavy atom. The monoisotopic (exact) mass is 899 g/mol. The molecule has 2 amide bonds. The first-order valence-corrected chi connectivity index (χ1v) is 21.6. The highest BCUT2D eigenvalue weighted by Gasteiger charge is 2.49. The van der Waals surface area contributed by atoms with Crippen LogP contribution in [0.4, 0.5) is 11.8 Å². The van der Waals surface area contributed by atoms with Gasteiger partial charge in [-0.05, 0) is 12.1 Å². The van der Waals surface area contributed by atoms with Crippen molar-refractivity contribution in [3.8, 4) is 6.07 Å². The van der Waals surface area contributed by atoms with Gasteiger partial charge in [-0.1, -0.05) is 39.0 Å². The number of anilines is 2. The first-order valence-electron chi connectivity index (χ1n) is 19.3. The van der Waals surface area contributed by atoms with E-state index in [0.717, 1.165) is 0 Å². The second-order valence-electron chi connectivity index (χ2n) is 14.4. The number of carbonyl (C=O) groups is 2. The molecule has 2 fully saturated rings. The van der Waals surface area contributed by atoms with Gasteiger partial charge in [0.05, 0.1) is 57.7 Å². The van der Waals surface area contributed by atoms with Gasteiger partial charge >= 0.3 is 16.9 Å². The number of hydrogen-bond donors (Lipinski definition) is 6. The number of carbonyl (C=O) groups excluding carboxylic acids is 2. The Labute approximate surface area is 353 Å². The Morgan fingerprint density at radius 1 is 0.984 bits per heavy atom. The molecule has 26 heteroatoms. The number of nitrogens with one attached hydrogen (secondary N) is 3. The van der Waals surface area contributed by atoms with Crippen LogP contribution >= 0.6 is 16.9 Å². The third kappa shape index (κ3) is 9.58. The summed E-state index contributed by atoms with van der Waals surface area (Å²) in [4.78, 5) is 72.4. The predicted molar refractivity (Wildman–Crippen MR) is 216 cm³/mol. The molecule has 2 aliphatic heterocycles. The van der Waals surface area contributed by atoms with Gasteiger partial charge < -0.3 is 48.0 Å². The molecule has 10 unspecified atom stereocenters. The van der Waals surface area contributed by atoms with E-state index in [2.05, 4.69) is 40.5 Å². The summed E-state index contributed by atoms with van der Waals surface area (Å²) >= 11 is 0. The minimum absolute atomic E-state index is 0.0149. The zero-order chi connectivity index (χ0) is 44.1. The maximum atomic E-state index is 13.0. The third-order valence-corrected chi connectivity index (χ3v) is 11.7. The third-order valence-electron chi connectivity index (χ3n) is 10.1. The van der Waals surface area contributed by atoms with Crippen LogP contribution in [-0.4, -0.2) is 117 Å². The lowest BCUT2D eigenvalue weighted by molar-refractivity contribution is -0.118. The quantitative estimate of drug-likeness (QED) is 0.0542. The van der Waals surface area contributed by atoms with Crippen molar-refractivity contribution in [2.24, 2.45) is 17.8 Å². The summed E-state index contributed by atoms with van der Waals surface area (Å²) in [5, 5.41) is 35.4. The molecular formula is C36H43N11O13P2. The molecule has 10 atom stereocenters. The number of aliphatic hydroxyl groups is 2. The normalized spacial score (nSPS) is 24.7.